The van der Waals surface area contributed by atoms with Crippen molar-refractivity contribution in [3.8, 4) is 0 Å². The lowest BCUT2D eigenvalue weighted by Gasteiger charge is -2.31. The first-order valence-corrected chi connectivity index (χ1v) is 8.26. The van der Waals surface area contributed by atoms with Gasteiger partial charge in [-0.25, -0.2) is 8.42 Å². The molecule has 1 aromatic carbocycles. The van der Waals surface area contributed by atoms with Gasteiger partial charge in [0, 0.05) is 20.2 Å². The minimum Gasteiger partial charge on any atom is -0.397 e. The maximum Gasteiger partial charge on any atom is 0.243 e. The average Bonchev–Trinajstić information content (AvgIpc) is 2.44. The molecule has 0 aromatic heterocycles. The van der Waals surface area contributed by atoms with Gasteiger partial charge in [0.05, 0.1) is 21.7 Å². The fourth-order valence-corrected chi connectivity index (χ4v) is 4.12. The third-order valence-corrected chi connectivity index (χ3v) is 5.93. The Kier molecular flexibility index (Phi) is 4.59. The Morgan fingerprint density at radius 1 is 1.45 bits per heavy atom. The maximum atomic E-state index is 12.6. The quantitative estimate of drug-likeness (QED) is 0.865. The van der Waals surface area contributed by atoms with E-state index >= 15 is 0 Å². The van der Waals surface area contributed by atoms with Crippen LogP contribution >= 0.6 is 11.6 Å². The topological polar surface area (TPSA) is 72.6 Å². The fourth-order valence-electron chi connectivity index (χ4n) is 2.38. The molecule has 112 valence electrons. The van der Waals surface area contributed by atoms with E-state index in [2.05, 4.69) is 0 Å². The Labute approximate surface area is 124 Å². The largest absolute Gasteiger partial charge is 0.397 e. The lowest BCUT2D eigenvalue weighted by molar-refractivity contribution is 0.0572. The first-order valence-electron chi connectivity index (χ1n) is 6.45. The van der Waals surface area contributed by atoms with Gasteiger partial charge in [-0.05, 0) is 37.5 Å². The van der Waals surface area contributed by atoms with Crippen molar-refractivity contribution in [2.45, 2.75) is 30.8 Å². The minimum absolute atomic E-state index is 0.0516. The SMILES string of the molecule is COC1CCCN(S(=O)(=O)c2cc(C)c(Cl)c(N)c2)C1. The predicted octanol–water partition coefficient (Wildman–Crippen LogP) is 2.03. The van der Waals surface area contributed by atoms with E-state index in [1.54, 1.807) is 20.1 Å². The zero-order chi connectivity index (χ0) is 14.9. The van der Waals surface area contributed by atoms with Crippen LogP contribution in [-0.2, 0) is 14.8 Å². The van der Waals surface area contributed by atoms with Crippen molar-refractivity contribution in [3.63, 3.8) is 0 Å². The van der Waals surface area contributed by atoms with Gasteiger partial charge in [0.15, 0.2) is 0 Å². The summed E-state index contributed by atoms with van der Waals surface area (Å²) in [5.74, 6) is 0. The lowest BCUT2D eigenvalue weighted by Crippen LogP contribution is -2.42. The van der Waals surface area contributed by atoms with Gasteiger partial charge < -0.3 is 10.5 Å². The molecular weight excluding hydrogens is 300 g/mol. The fraction of sp³-hybridized carbons (Fsp3) is 0.538. The third-order valence-electron chi connectivity index (χ3n) is 3.57. The second kappa shape index (κ2) is 5.89. The van der Waals surface area contributed by atoms with Crippen molar-refractivity contribution in [2.24, 2.45) is 0 Å². The number of halogens is 1. The van der Waals surface area contributed by atoms with Crippen molar-refractivity contribution in [2.75, 3.05) is 25.9 Å². The van der Waals surface area contributed by atoms with Gasteiger partial charge in [0.25, 0.3) is 0 Å². The van der Waals surface area contributed by atoms with Crippen molar-refractivity contribution < 1.29 is 13.2 Å². The minimum atomic E-state index is -3.55. The standard InChI is InChI=1S/C13H19ClN2O3S/c1-9-6-11(7-12(15)13(9)14)20(17,18)16-5-3-4-10(8-16)19-2/h6-7,10H,3-5,8,15H2,1-2H3. The molecule has 1 aliphatic rings. The number of nitrogens with two attached hydrogens (primary N) is 1. The zero-order valence-electron chi connectivity index (χ0n) is 11.6. The highest BCUT2D eigenvalue weighted by molar-refractivity contribution is 7.89. The Hall–Kier alpha value is -0.820. The van der Waals surface area contributed by atoms with Gasteiger partial charge >= 0.3 is 0 Å². The number of nitrogens with zero attached hydrogens (tertiary/aromatic N) is 1. The van der Waals surface area contributed by atoms with Crippen molar-refractivity contribution in [1.82, 2.24) is 4.31 Å². The average molecular weight is 319 g/mol. The highest BCUT2D eigenvalue weighted by Crippen LogP contribution is 2.29. The maximum absolute atomic E-state index is 12.6. The number of rotatable bonds is 3. The number of benzene rings is 1. The van der Waals surface area contributed by atoms with Gasteiger partial charge in [-0.3, -0.25) is 0 Å². The van der Waals surface area contributed by atoms with Crippen LogP contribution in [0.1, 0.15) is 18.4 Å². The summed E-state index contributed by atoms with van der Waals surface area (Å²) in [6, 6.07) is 2.98. The molecule has 20 heavy (non-hydrogen) atoms. The number of sulfonamides is 1. The second-order valence-corrected chi connectivity index (χ2v) is 7.32. The molecule has 0 saturated carbocycles. The molecule has 1 fully saturated rings. The van der Waals surface area contributed by atoms with E-state index in [-0.39, 0.29) is 16.7 Å². The van der Waals surface area contributed by atoms with E-state index in [0.29, 0.717) is 23.7 Å². The molecule has 2 rings (SSSR count). The van der Waals surface area contributed by atoms with Crippen LogP contribution in [0, 0.1) is 6.92 Å². The lowest BCUT2D eigenvalue weighted by atomic mass is 10.1. The summed E-state index contributed by atoms with van der Waals surface area (Å²) >= 11 is 5.98. The molecule has 0 aliphatic carbocycles. The van der Waals surface area contributed by atoms with Gasteiger partial charge in [-0.15, -0.1) is 0 Å². The van der Waals surface area contributed by atoms with Gasteiger partial charge in [0.1, 0.15) is 0 Å². The summed E-state index contributed by atoms with van der Waals surface area (Å²) in [6.07, 6.45) is 1.62. The Morgan fingerprint density at radius 2 is 2.15 bits per heavy atom. The highest BCUT2D eigenvalue weighted by Gasteiger charge is 2.30. The normalized spacial score (nSPS) is 21.1. The van der Waals surface area contributed by atoms with Crippen LogP contribution in [0.25, 0.3) is 0 Å². The first kappa shape index (κ1) is 15.6. The number of methoxy groups -OCH3 is 1. The summed E-state index contributed by atoms with van der Waals surface area (Å²) in [5.41, 5.74) is 6.70. The number of aryl methyl sites for hydroxylation is 1. The molecule has 0 amide bonds. The van der Waals surface area contributed by atoms with Crippen LogP contribution in [-0.4, -0.2) is 39.0 Å². The van der Waals surface area contributed by atoms with Crippen LogP contribution in [0.15, 0.2) is 17.0 Å². The molecule has 1 heterocycles. The zero-order valence-corrected chi connectivity index (χ0v) is 13.2. The van der Waals surface area contributed by atoms with Gasteiger partial charge in [-0.1, -0.05) is 11.6 Å². The molecule has 1 saturated heterocycles. The number of piperidine rings is 1. The van der Waals surface area contributed by atoms with E-state index in [9.17, 15) is 8.42 Å². The van der Waals surface area contributed by atoms with E-state index < -0.39 is 10.0 Å². The Balaban J connectivity index is 2.35. The van der Waals surface area contributed by atoms with Crippen LogP contribution in [0.5, 0.6) is 0 Å². The van der Waals surface area contributed by atoms with Gasteiger partial charge in [-0.2, -0.15) is 4.31 Å². The third kappa shape index (κ3) is 2.93. The van der Waals surface area contributed by atoms with Crippen LogP contribution in [0.2, 0.25) is 5.02 Å². The molecule has 0 bridgehead atoms. The van der Waals surface area contributed by atoms with Crippen molar-refractivity contribution >= 4 is 27.3 Å². The summed E-state index contributed by atoms with van der Waals surface area (Å²) in [6.45, 7) is 2.62. The van der Waals surface area contributed by atoms with E-state index in [1.165, 1.54) is 10.4 Å². The van der Waals surface area contributed by atoms with E-state index in [0.717, 1.165) is 12.8 Å². The summed E-state index contributed by atoms with van der Waals surface area (Å²) in [7, 11) is -1.95. The summed E-state index contributed by atoms with van der Waals surface area (Å²) < 4.78 is 32.0. The molecule has 7 heteroatoms. The molecule has 1 aromatic rings. The molecule has 5 nitrogen and oxygen atoms in total. The smallest absolute Gasteiger partial charge is 0.243 e. The van der Waals surface area contributed by atoms with Crippen LogP contribution in [0.3, 0.4) is 0 Å². The summed E-state index contributed by atoms with van der Waals surface area (Å²) in [4.78, 5) is 0.189. The highest BCUT2D eigenvalue weighted by atomic mass is 35.5. The van der Waals surface area contributed by atoms with E-state index in [4.69, 9.17) is 22.1 Å². The Morgan fingerprint density at radius 3 is 2.75 bits per heavy atom. The number of hydrogen-bond donors (Lipinski definition) is 1. The van der Waals surface area contributed by atoms with Gasteiger partial charge in [0.2, 0.25) is 10.0 Å². The summed E-state index contributed by atoms with van der Waals surface area (Å²) in [5, 5.41) is 0.400. The van der Waals surface area contributed by atoms with Crippen molar-refractivity contribution in [3.05, 3.63) is 22.7 Å². The molecule has 1 aliphatic heterocycles. The predicted molar refractivity (Wildman–Crippen MR) is 79.4 cm³/mol. The number of ether oxygens (including phenoxy) is 1. The molecular formula is C13H19ClN2O3S. The first-order chi connectivity index (χ1) is 9.36. The number of anilines is 1. The second-order valence-electron chi connectivity index (χ2n) is 5.01. The molecule has 0 spiro atoms. The van der Waals surface area contributed by atoms with Crippen LogP contribution < -0.4 is 5.73 Å². The molecule has 1 atom stereocenters. The Bertz CT molecular complexity index is 581. The number of hydrogen-bond acceptors (Lipinski definition) is 4. The molecule has 1 unspecified atom stereocenters. The van der Waals surface area contributed by atoms with Crippen molar-refractivity contribution in [1.29, 1.82) is 0 Å². The molecule has 0 radical (unpaired) electrons. The number of nitrogen functional groups attached to an aromatic ring is 1. The monoisotopic (exact) mass is 318 g/mol. The van der Waals surface area contributed by atoms with Crippen LogP contribution in [0.4, 0.5) is 5.69 Å². The molecule has 2 N–H and O–H groups in total. The van der Waals surface area contributed by atoms with E-state index in [1.807, 2.05) is 0 Å².